The number of carbonyl (C=O) groups is 2. The van der Waals surface area contributed by atoms with Crippen LogP contribution >= 0.6 is 11.3 Å². The molecule has 0 fully saturated rings. The van der Waals surface area contributed by atoms with E-state index in [0.717, 1.165) is 6.42 Å². The molecule has 1 aromatic carbocycles. The van der Waals surface area contributed by atoms with Crippen LogP contribution in [0, 0.1) is 5.82 Å². The number of halogens is 1. The highest BCUT2D eigenvalue weighted by molar-refractivity contribution is 7.14. The largest absolute Gasteiger partial charge is 0.449 e. The molecule has 1 heterocycles. The van der Waals surface area contributed by atoms with Gasteiger partial charge in [-0.25, -0.2) is 14.2 Å². The van der Waals surface area contributed by atoms with E-state index >= 15 is 0 Å². The number of nitrogens with one attached hydrogen (secondary N) is 1. The molecule has 2 aromatic rings. The highest BCUT2D eigenvalue weighted by atomic mass is 32.1. The number of anilines is 2. The fourth-order valence-electron chi connectivity index (χ4n) is 1.68. The molecule has 1 aromatic heterocycles. The van der Waals surface area contributed by atoms with Crippen LogP contribution in [0.5, 0.6) is 0 Å². The van der Waals surface area contributed by atoms with Crippen molar-refractivity contribution < 1.29 is 18.7 Å². The zero-order chi connectivity index (χ0) is 16.8. The smallest absolute Gasteiger partial charge is 0.412 e. The average Bonchev–Trinajstić information content (AvgIpc) is 3.00. The quantitative estimate of drug-likeness (QED) is 0.906. The predicted octanol–water partition coefficient (Wildman–Crippen LogP) is 3.52. The normalized spacial score (nSPS) is 10.2. The first-order chi connectivity index (χ1) is 11.0. The third kappa shape index (κ3) is 4.49. The Balaban J connectivity index is 2.02. The summed E-state index contributed by atoms with van der Waals surface area (Å²) in [5, 5.41) is 4.50. The third-order valence-corrected chi connectivity index (χ3v) is 3.76. The minimum absolute atomic E-state index is 0.310. The second-order valence-corrected chi connectivity index (χ2v) is 5.48. The van der Waals surface area contributed by atoms with Gasteiger partial charge in [0.15, 0.2) is 5.13 Å². The number of thiazole rings is 1. The molecular weight excluding hydrogens is 321 g/mol. The molecule has 6 nitrogen and oxygen atoms in total. The van der Waals surface area contributed by atoms with Crippen LogP contribution in [-0.2, 0) is 4.74 Å². The SMILES string of the molecule is CCCOC(=O)Nc1csc(N(C)C(=O)c2ccc(F)cc2)n1. The number of nitrogens with zero attached hydrogens (tertiary/aromatic N) is 2. The number of aromatic nitrogens is 1. The summed E-state index contributed by atoms with van der Waals surface area (Å²) >= 11 is 1.20. The van der Waals surface area contributed by atoms with E-state index in [9.17, 15) is 14.0 Å². The molecule has 0 unspecified atom stereocenters. The summed E-state index contributed by atoms with van der Waals surface area (Å²) in [5.41, 5.74) is 0.348. The molecule has 0 aliphatic carbocycles. The minimum Gasteiger partial charge on any atom is -0.449 e. The number of amides is 2. The van der Waals surface area contributed by atoms with Crippen molar-refractivity contribution in [1.29, 1.82) is 0 Å². The Morgan fingerprint density at radius 2 is 2.04 bits per heavy atom. The minimum atomic E-state index is -0.587. The molecule has 0 aliphatic heterocycles. The van der Waals surface area contributed by atoms with Gasteiger partial charge in [-0.05, 0) is 30.7 Å². The van der Waals surface area contributed by atoms with E-state index in [4.69, 9.17) is 4.74 Å². The lowest BCUT2D eigenvalue weighted by Crippen LogP contribution is -2.26. The molecule has 23 heavy (non-hydrogen) atoms. The number of benzene rings is 1. The third-order valence-electron chi connectivity index (χ3n) is 2.84. The van der Waals surface area contributed by atoms with Crippen LogP contribution < -0.4 is 10.2 Å². The standard InChI is InChI=1S/C15H16FN3O3S/c1-3-8-22-15(21)18-12-9-23-14(17-12)19(2)13(20)10-4-6-11(16)7-5-10/h4-7,9H,3,8H2,1-2H3,(H,18,21). The molecule has 0 atom stereocenters. The van der Waals surface area contributed by atoms with Gasteiger partial charge in [-0.15, -0.1) is 11.3 Å². The van der Waals surface area contributed by atoms with Gasteiger partial charge in [0.25, 0.3) is 5.91 Å². The molecule has 122 valence electrons. The lowest BCUT2D eigenvalue weighted by molar-refractivity contribution is 0.0993. The molecule has 0 aliphatic rings. The van der Waals surface area contributed by atoms with E-state index in [1.807, 2.05) is 6.92 Å². The Kier molecular flexibility index (Phi) is 5.64. The predicted molar refractivity (Wildman–Crippen MR) is 86.5 cm³/mol. The summed E-state index contributed by atoms with van der Waals surface area (Å²) in [7, 11) is 1.56. The van der Waals surface area contributed by atoms with Gasteiger partial charge in [0.1, 0.15) is 11.6 Å². The Hall–Kier alpha value is -2.48. The maximum absolute atomic E-state index is 12.9. The first-order valence-corrected chi connectivity index (χ1v) is 7.82. The van der Waals surface area contributed by atoms with Crippen molar-refractivity contribution in [3.63, 3.8) is 0 Å². The van der Waals surface area contributed by atoms with Crippen LogP contribution in [0.15, 0.2) is 29.6 Å². The lowest BCUT2D eigenvalue weighted by atomic mass is 10.2. The number of rotatable bonds is 5. The maximum Gasteiger partial charge on any atom is 0.412 e. The van der Waals surface area contributed by atoms with E-state index in [0.29, 0.717) is 23.1 Å². The second-order valence-electron chi connectivity index (χ2n) is 4.65. The number of hydrogen-bond donors (Lipinski definition) is 1. The van der Waals surface area contributed by atoms with Gasteiger partial charge in [0.05, 0.1) is 6.61 Å². The fraction of sp³-hybridized carbons (Fsp3) is 0.267. The van der Waals surface area contributed by atoms with Crippen LogP contribution in [0.1, 0.15) is 23.7 Å². The van der Waals surface area contributed by atoms with E-state index in [1.165, 1.54) is 40.5 Å². The van der Waals surface area contributed by atoms with E-state index in [2.05, 4.69) is 10.3 Å². The number of hydrogen-bond acceptors (Lipinski definition) is 5. The first-order valence-electron chi connectivity index (χ1n) is 6.94. The summed E-state index contributed by atoms with van der Waals surface area (Å²) in [4.78, 5) is 29.2. The molecule has 1 N–H and O–H groups in total. The van der Waals surface area contributed by atoms with Gasteiger partial charge in [-0.1, -0.05) is 6.92 Å². The van der Waals surface area contributed by atoms with Crippen molar-refractivity contribution in [3.8, 4) is 0 Å². The van der Waals surface area contributed by atoms with Gasteiger partial charge in [0.2, 0.25) is 0 Å². The summed E-state index contributed by atoms with van der Waals surface area (Å²) in [5.74, 6) is -0.417. The molecule has 0 radical (unpaired) electrons. The molecule has 0 bridgehead atoms. The average molecular weight is 337 g/mol. The molecule has 8 heteroatoms. The highest BCUT2D eigenvalue weighted by Crippen LogP contribution is 2.24. The molecule has 2 rings (SSSR count). The van der Waals surface area contributed by atoms with Crippen molar-refractivity contribution in [3.05, 3.63) is 41.0 Å². The van der Waals surface area contributed by atoms with Crippen LogP contribution in [0.3, 0.4) is 0 Å². The second kappa shape index (κ2) is 7.68. The van der Waals surface area contributed by atoms with Crippen molar-refractivity contribution in [1.82, 2.24) is 4.98 Å². The van der Waals surface area contributed by atoms with E-state index in [1.54, 1.807) is 12.4 Å². The summed E-state index contributed by atoms with van der Waals surface area (Å²) < 4.78 is 17.8. The maximum atomic E-state index is 12.9. The van der Waals surface area contributed by atoms with Crippen LogP contribution in [0.4, 0.5) is 20.1 Å². The van der Waals surface area contributed by atoms with Crippen molar-refractivity contribution >= 4 is 34.3 Å². The van der Waals surface area contributed by atoms with Crippen molar-refractivity contribution in [2.75, 3.05) is 23.9 Å². The van der Waals surface area contributed by atoms with Crippen LogP contribution in [0.25, 0.3) is 0 Å². The number of carbonyl (C=O) groups excluding carboxylic acids is 2. The fourth-order valence-corrected chi connectivity index (χ4v) is 2.40. The Labute approximate surface area is 136 Å². The molecule has 0 saturated heterocycles. The molecular formula is C15H16FN3O3S. The molecule has 0 spiro atoms. The van der Waals surface area contributed by atoms with Crippen LogP contribution in [0.2, 0.25) is 0 Å². The topological polar surface area (TPSA) is 71.5 Å². The molecule has 2 amide bonds. The van der Waals surface area contributed by atoms with E-state index in [-0.39, 0.29) is 5.91 Å². The van der Waals surface area contributed by atoms with Crippen LogP contribution in [-0.4, -0.2) is 30.6 Å². The van der Waals surface area contributed by atoms with Gasteiger partial charge in [-0.3, -0.25) is 15.0 Å². The summed E-state index contributed by atoms with van der Waals surface area (Å²) in [6.45, 7) is 2.22. The van der Waals surface area contributed by atoms with Crippen molar-refractivity contribution in [2.24, 2.45) is 0 Å². The summed E-state index contributed by atoms with van der Waals surface area (Å²) in [6.07, 6.45) is 0.140. The van der Waals surface area contributed by atoms with Gasteiger partial charge in [0, 0.05) is 18.0 Å². The van der Waals surface area contributed by atoms with Gasteiger partial charge in [-0.2, -0.15) is 0 Å². The lowest BCUT2D eigenvalue weighted by Gasteiger charge is -2.13. The highest BCUT2D eigenvalue weighted by Gasteiger charge is 2.17. The molecule has 0 saturated carbocycles. The Morgan fingerprint density at radius 1 is 1.35 bits per heavy atom. The Bertz CT molecular complexity index is 688. The van der Waals surface area contributed by atoms with Gasteiger partial charge < -0.3 is 4.74 Å². The monoisotopic (exact) mass is 337 g/mol. The summed E-state index contributed by atoms with van der Waals surface area (Å²) in [6, 6.07) is 5.26. The van der Waals surface area contributed by atoms with Gasteiger partial charge >= 0.3 is 6.09 Å². The zero-order valence-electron chi connectivity index (χ0n) is 12.7. The van der Waals surface area contributed by atoms with E-state index < -0.39 is 11.9 Å². The first kappa shape index (κ1) is 16.9. The Morgan fingerprint density at radius 3 is 2.70 bits per heavy atom. The number of ether oxygens (including phenoxy) is 1. The van der Waals surface area contributed by atoms with Crippen molar-refractivity contribution in [2.45, 2.75) is 13.3 Å². The zero-order valence-corrected chi connectivity index (χ0v) is 13.5.